The van der Waals surface area contributed by atoms with E-state index in [2.05, 4.69) is 16.4 Å². The van der Waals surface area contributed by atoms with Crippen molar-refractivity contribution >= 4 is 11.3 Å². The average molecular weight is 183 g/mol. The molecule has 12 heavy (non-hydrogen) atoms. The molecule has 0 amide bonds. The first-order chi connectivity index (χ1) is 5.88. The molecule has 0 aliphatic rings. The van der Waals surface area contributed by atoms with Gasteiger partial charge in [0.2, 0.25) is 0 Å². The van der Waals surface area contributed by atoms with Gasteiger partial charge in [-0.05, 0) is 0 Å². The number of aliphatic hydroxyl groups is 1. The van der Waals surface area contributed by atoms with E-state index in [9.17, 15) is 0 Å². The summed E-state index contributed by atoms with van der Waals surface area (Å²) in [5.41, 5.74) is 1.68. The zero-order valence-electron chi connectivity index (χ0n) is 6.40. The van der Waals surface area contributed by atoms with Crippen LogP contribution in [0.1, 0.15) is 10.9 Å². The van der Waals surface area contributed by atoms with Gasteiger partial charge in [0.15, 0.2) is 0 Å². The highest BCUT2D eigenvalue weighted by Crippen LogP contribution is 2.15. The molecule has 0 saturated heterocycles. The Kier molecular flexibility index (Phi) is 3.67. The van der Waals surface area contributed by atoms with Gasteiger partial charge in [0.05, 0.1) is 23.1 Å². The second-order valence-corrected chi connectivity index (χ2v) is 3.06. The second-order valence-electron chi connectivity index (χ2n) is 2.14. The fraction of sp³-hybridized carbons (Fsp3) is 0.429. The van der Waals surface area contributed by atoms with Crippen LogP contribution in [0.5, 0.6) is 0 Å². The number of thiazole rings is 1. The molecule has 0 aromatic carbocycles. The summed E-state index contributed by atoms with van der Waals surface area (Å²) in [6, 6.07) is 1.74. The lowest BCUT2D eigenvalue weighted by Crippen LogP contribution is -2.22. The summed E-state index contributed by atoms with van der Waals surface area (Å²) >= 11 is 1.43. The topological polar surface area (TPSA) is 68.9 Å². The van der Waals surface area contributed by atoms with Crippen LogP contribution >= 0.6 is 11.3 Å². The maximum absolute atomic E-state index is 8.71. The minimum Gasteiger partial charge on any atom is -0.395 e. The summed E-state index contributed by atoms with van der Waals surface area (Å²) in [4.78, 5) is 4.74. The molecule has 0 bridgehead atoms. The molecule has 1 aromatic rings. The fourth-order valence-electron chi connectivity index (χ4n) is 0.787. The summed E-state index contributed by atoms with van der Waals surface area (Å²) in [7, 11) is 0. The van der Waals surface area contributed by atoms with Gasteiger partial charge in [-0.1, -0.05) is 0 Å². The van der Waals surface area contributed by atoms with E-state index in [1.165, 1.54) is 11.3 Å². The molecule has 0 spiro atoms. The first kappa shape index (κ1) is 9.13. The van der Waals surface area contributed by atoms with Crippen molar-refractivity contribution < 1.29 is 5.11 Å². The number of rotatable bonds is 4. The largest absolute Gasteiger partial charge is 0.395 e. The van der Waals surface area contributed by atoms with Gasteiger partial charge in [0, 0.05) is 12.7 Å². The summed E-state index contributed by atoms with van der Waals surface area (Å²) in [6.45, 7) is 0.465. The van der Waals surface area contributed by atoms with Crippen molar-refractivity contribution in [3.8, 4) is 6.07 Å². The molecule has 0 radical (unpaired) electrons. The predicted octanol–water partition coefficient (Wildman–Crippen LogP) is 0.290. The number of nitrogens with one attached hydrogen (secondary N) is 1. The smallest absolute Gasteiger partial charge is 0.132 e. The lowest BCUT2D eigenvalue weighted by atomic mass is 10.3. The lowest BCUT2D eigenvalue weighted by molar-refractivity contribution is 0.289. The summed E-state index contributed by atoms with van der Waals surface area (Å²) in [5, 5.41) is 20.1. The zero-order valence-corrected chi connectivity index (χ0v) is 7.21. The maximum atomic E-state index is 8.71. The van der Waals surface area contributed by atoms with Crippen LogP contribution in [0.15, 0.2) is 11.7 Å². The third kappa shape index (κ3) is 2.27. The molecule has 1 heterocycles. The number of aromatic nitrogens is 1. The summed E-state index contributed by atoms with van der Waals surface area (Å²) < 4.78 is 0. The van der Waals surface area contributed by atoms with Crippen LogP contribution in [-0.4, -0.2) is 23.2 Å². The minimum absolute atomic E-state index is 0.0387. The molecule has 1 atom stereocenters. The molecule has 4 nitrogen and oxygen atoms in total. The molecule has 0 fully saturated rings. The van der Waals surface area contributed by atoms with E-state index in [0.29, 0.717) is 6.54 Å². The maximum Gasteiger partial charge on any atom is 0.132 e. The van der Waals surface area contributed by atoms with Gasteiger partial charge in [-0.15, -0.1) is 11.3 Å². The molecule has 1 rings (SSSR count). The predicted molar refractivity (Wildman–Crippen MR) is 45.6 cm³/mol. The van der Waals surface area contributed by atoms with Gasteiger partial charge in [-0.2, -0.15) is 5.26 Å². The molecule has 64 valence electrons. The van der Waals surface area contributed by atoms with Crippen molar-refractivity contribution in [1.29, 1.82) is 5.26 Å². The van der Waals surface area contributed by atoms with Gasteiger partial charge in [0.1, 0.15) is 6.04 Å². The number of hydrogen-bond acceptors (Lipinski definition) is 5. The Balaban J connectivity index is 2.53. The Bertz CT molecular complexity index is 254. The third-order valence-electron chi connectivity index (χ3n) is 1.33. The van der Waals surface area contributed by atoms with Crippen LogP contribution in [0.3, 0.4) is 0 Å². The Hall–Kier alpha value is -0.960. The van der Waals surface area contributed by atoms with E-state index >= 15 is 0 Å². The van der Waals surface area contributed by atoms with Crippen LogP contribution in [0.4, 0.5) is 0 Å². The highest BCUT2D eigenvalue weighted by Gasteiger charge is 2.09. The Morgan fingerprint density at radius 1 is 1.83 bits per heavy atom. The summed E-state index contributed by atoms with van der Waals surface area (Å²) in [6.07, 6.45) is 1.66. The molecule has 5 heteroatoms. The van der Waals surface area contributed by atoms with Gasteiger partial charge in [-0.3, -0.25) is 10.3 Å². The summed E-state index contributed by atoms with van der Waals surface area (Å²) in [5.74, 6) is 0. The van der Waals surface area contributed by atoms with Crippen molar-refractivity contribution in [3.05, 3.63) is 16.6 Å². The number of hydrogen-bond donors (Lipinski definition) is 2. The van der Waals surface area contributed by atoms with Gasteiger partial charge in [0.25, 0.3) is 0 Å². The van der Waals surface area contributed by atoms with E-state index in [4.69, 9.17) is 10.4 Å². The highest BCUT2D eigenvalue weighted by atomic mass is 32.1. The van der Waals surface area contributed by atoms with E-state index in [-0.39, 0.29) is 12.6 Å². The first-order valence-electron chi connectivity index (χ1n) is 3.50. The molecule has 1 unspecified atom stereocenters. The van der Waals surface area contributed by atoms with Crippen molar-refractivity contribution in [2.45, 2.75) is 6.04 Å². The highest BCUT2D eigenvalue weighted by molar-refractivity contribution is 7.09. The molecular formula is C7H9N3OS. The van der Waals surface area contributed by atoms with Crippen LogP contribution in [0, 0.1) is 11.3 Å². The first-order valence-corrected chi connectivity index (χ1v) is 4.38. The van der Waals surface area contributed by atoms with Crippen LogP contribution < -0.4 is 5.32 Å². The Morgan fingerprint density at radius 2 is 2.67 bits per heavy atom. The standard InChI is InChI=1S/C7H9N3OS/c8-3-6(10-1-2-11)7-4-9-5-12-7/h4-6,10-11H,1-2H2. The van der Waals surface area contributed by atoms with E-state index < -0.39 is 0 Å². The SMILES string of the molecule is N#CC(NCCO)c1cncs1. The van der Waals surface area contributed by atoms with Crippen molar-refractivity contribution in [2.24, 2.45) is 0 Å². The Labute approximate surface area is 74.5 Å². The molecule has 0 aliphatic carbocycles. The minimum atomic E-state index is -0.343. The van der Waals surface area contributed by atoms with E-state index in [1.54, 1.807) is 11.7 Å². The monoisotopic (exact) mass is 183 g/mol. The molecule has 2 N–H and O–H groups in total. The van der Waals surface area contributed by atoms with Gasteiger partial charge < -0.3 is 5.11 Å². The zero-order chi connectivity index (χ0) is 8.81. The molecular weight excluding hydrogens is 174 g/mol. The molecule has 0 saturated carbocycles. The lowest BCUT2D eigenvalue weighted by Gasteiger charge is -2.06. The fourth-order valence-corrected chi connectivity index (χ4v) is 1.42. The second kappa shape index (κ2) is 4.83. The molecule has 0 aliphatic heterocycles. The van der Waals surface area contributed by atoms with Crippen LogP contribution in [-0.2, 0) is 0 Å². The quantitative estimate of drug-likeness (QED) is 0.704. The molecule has 1 aromatic heterocycles. The normalized spacial score (nSPS) is 12.3. The number of nitriles is 1. The van der Waals surface area contributed by atoms with Crippen molar-refractivity contribution in [3.63, 3.8) is 0 Å². The van der Waals surface area contributed by atoms with E-state index in [0.717, 1.165) is 4.88 Å². The van der Waals surface area contributed by atoms with Gasteiger partial charge >= 0.3 is 0 Å². The third-order valence-corrected chi connectivity index (χ3v) is 2.17. The van der Waals surface area contributed by atoms with E-state index in [1.807, 2.05) is 0 Å². The van der Waals surface area contributed by atoms with Crippen molar-refractivity contribution in [1.82, 2.24) is 10.3 Å². The average Bonchev–Trinajstić information content (AvgIpc) is 2.59. The van der Waals surface area contributed by atoms with Crippen LogP contribution in [0.25, 0.3) is 0 Å². The van der Waals surface area contributed by atoms with Crippen molar-refractivity contribution in [2.75, 3.05) is 13.2 Å². The van der Waals surface area contributed by atoms with Gasteiger partial charge in [-0.25, -0.2) is 0 Å². The number of nitrogens with zero attached hydrogens (tertiary/aromatic N) is 2. The Morgan fingerprint density at radius 3 is 3.17 bits per heavy atom. The van der Waals surface area contributed by atoms with Crippen LogP contribution in [0.2, 0.25) is 0 Å². The number of aliphatic hydroxyl groups excluding tert-OH is 1.